The number of rotatable bonds is 4. The van der Waals surface area contributed by atoms with Crippen LogP contribution in [0.1, 0.15) is 0 Å². The van der Waals surface area contributed by atoms with Gasteiger partial charge in [-0.3, -0.25) is 4.79 Å². The molecule has 0 fully saturated rings. The van der Waals surface area contributed by atoms with Crippen LogP contribution in [0.15, 0.2) is 36.4 Å². The molecule has 2 N–H and O–H groups in total. The highest BCUT2D eigenvalue weighted by atomic mass is 35.5. The van der Waals surface area contributed by atoms with E-state index in [1.165, 1.54) is 18.2 Å². The van der Waals surface area contributed by atoms with Gasteiger partial charge < -0.3 is 10.6 Å². The van der Waals surface area contributed by atoms with Crippen molar-refractivity contribution in [2.24, 2.45) is 0 Å². The van der Waals surface area contributed by atoms with Crippen molar-refractivity contribution >= 4 is 52.1 Å². The van der Waals surface area contributed by atoms with Crippen LogP contribution in [0.2, 0.25) is 15.1 Å². The summed E-state index contributed by atoms with van der Waals surface area (Å²) in [5, 5.41) is 6.06. The van der Waals surface area contributed by atoms with Crippen LogP contribution in [-0.4, -0.2) is 12.5 Å². The maximum Gasteiger partial charge on any atom is 0.243 e. The van der Waals surface area contributed by atoms with E-state index < -0.39 is 5.82 Å². The Kier molecular flexibility index (Phi) is 5.28. The van der Waals surface area contributed by atoms with Crippen molar-refractivity contribution < 1.29 is 9.18 Å². The highest BCUT2D eigenvalue weighted by molar-refractivity contribution is 6.44. The van der Waals surface area contributed by atoms with E-state index >= 15 is 0 Å². The van der Waals surface area contributed by atoms with Gasteiger partial charge in [0.1, 0.15) is 5.82 Å². The number of hydrogen-bond acceptors (Lipinski definition) is 2. The molecule has 0 aliphatic heterocycles. The van der Waals surface area contributed by atoms with Gasteiger partial charge in [0.25, 0.3) is 0 Å². The summed E-state index contributed by atoms with van der Waals surface area (Å²) in [6.07, 6.45) is 0. The predicted octanol–water partition coefficient (Wildman–Crippen LogP) is 4.84. The molecule has 110 valence electrons. The van der Waals surface area contributed by atoms with E-state index in [9.17, 15) is 9.18 Å². The number of amides is 1. The van der Waals surface area contributed by atoms with Crippen LogP contribution in [0, 0.1) is 5.82 Å². The van der Waals surface area contributed by atoms with E-state index in [2.05, 4.69) is 10.6 Å². The second-order valence-corrected chi connectivity index (χ2v) is 5.32. The Labute approximate surface area is 136 Å². The van der Waals surface area contributed by atoms with E-state index in [1.54, 1.807) is 18.2 Å². The smallest absolute Gasteiger partial charge is 0.243 e. The zero-order valence-corrected chi connectivity index (χ0v) is 12.9. The molecular weight excluding hydrogens is 338 g/mol. The lowest BCUT2D eigenvalue weighted by Gasteiger charge is -2.10. The average Bonchev–Trinajstić information content (AvgIpc) is 2.45. The molecule has 0 aromatic heterocycles. The Morgan fingerprint density at radius 2 is 1.86 bits per heavy atom. The van der Waals surface area contributed by atoms with Crippen LogP contribution in [0.3, 0.4) is 0 Å². The minimum Gasteiger partial charge on any atom is -0.376 e. The zero-order valence-electron chi connectivity index (χ0n) is 10.6. The van der Waals surface area contributed by atoms with Gasteiger partial charge in [0.05, 0.1) is 27.3 Å². The normalized spacial score (nSPS) is 10.3. The van der Waals surface area contributed by atoms with E-state index in [0.717, 1.165) is 0 Å². The van der Waals surface area contributed by atoms with Gasteiger partial charge in [0.15, 0.2) is 0 Å². The van der Waals surface area contributed by atoms with E-state index in [-0.39, 0.29) is 22.5 Å². The standard InChI is InChI=1S/C14H10Cl3FN2O/c15-9-2-1-3-12(14(9)17)20-13(21)7-19-8-4-5-11(18)10(16)6-8/h1-6,19H,7H2,(H,20,21). The molecule has 0 spiro atoms. The molecule has 21 heavy (non-hydrogen) atoms. The van der Waals surface area contributed by atoms with Gasteiger partial charge in [-0.15, -0.1) is 0 Å². The van der Waals surface area contributed by atoms with Crippen LogP contribution in [0.5, 0.6) is 0 Å². The van der Waals surface area contributed by atoms with Crippen molar-refractivity contribution in [3.05, 3.63) is 57.3 Å². The molecule has 0 radical (unpaired) electrons. The Hall–Kier alpha value is -1.49. The third-order valence-corrected chi connectivity index (χ3v) is 3.71. The van der Waals surface area contributed by atoms with Gasteiger partial charge >= 0.3 is 0 Å². The minimum absolute atomic E-state index is 0.0155. The number of benzene rings is 2. The highest BCUT2D eigenvalue weighted by Crippen LogP contribution is 2.29. The Morgan fingerprint density at radius 1 is 1.10 bits per heavy atom. The molecule has 0 heterocycles. The van der Waals surface area contributed by atoms with Crippen molar-refractivity contribution in [2.75, 3.05) is 17.2 Å². The van der Waals surface area contributed by atoms with Gasteiger partial charge in [-0.05, 0) is 30.3 Å². The number of halogens is 4. The third-order valence-electron chi connectivity index (χ3n) is 2.60. The molecule has 0 unspecified atom stereocenters. The van der Waals surface area contributed by atoms with Crippen LogP contribution in [0.4, 0.5) is 15.8 Å². The predicted molar refractivity (Wildman–Crippen MR) is 85.0 cm³/mol. The first-order valence-corrected chi connectivity index (χ1v) is 7.03. The van der Waals surface area contributed by atoms with Gasteiger partial charge in [-0.2, -0.15) is 0 Å². The monoisotopic (exact) mass is 346 g/mol. The molecule has 0 saturated heterocycles. The fourth-order valence-electron chi connectivity index (χ4n) is 1.58. The Bertz CT molecular complexity index is 679. The van der Waals surface area contributed by atoms with E-state index in [1.807, 2.05) is 0 Å². The van der Waals surface area contributed by atoms with Crippen LogP contribution < -0.4 is 10.6 Å². The van der Waals surface area contributed by atoms with Crippen molar-refractivity contribution in [1.82, 2.24) is 0 Å². The van der Waals surface area contributed by atoms with Gasteiger partial charge in [0, 0.05) is 5.69 Å². The second kappa shape index (κ2) is 6.98. The first-order valence-electron chi connectivity index (χ1n) is 5.90. The lowest BCUT2D eigenvalue weighted by molar-refractivity contribution is -0.114. The van der Waals surface area contributed by atoms with Gasteiger partial charge in [0.2, 0.25) is 5.91 Å². The summed E-state index contributed by atoms with van der Waals surface area (Å²) in [4.78, 5) is 11.8. The summed E-state index contributed by atoms with van der Waals surface area (Å²) >= 11 is 17.5. The SMILES string of the molecule is O=C(CNc1ccc(F)c(Cl)c1)Nc1cccc(Cl)c1Cl. The third kappa shape index (κ3) is 4.24. The molecule has 0 bridgehead atoms. The molecule has 0 saturated carbocycles. The fourth-order valence-corrected chi connectivity index (χ4v) is 2.11. The first kappa shape index (κ1) is 15.9. The lowest BCUT2D eigenvalue weighted by Crippen LogP contribution is -2.21. The van der Waals surface area contributed by atoms with Crippen molar-refractivity contribution in [1.29, 1.82) is 0 Å². The summed E-state index contributed by atoms with van der Waals surface area (Å²) in [6.45, 7) is -0.0230. The number of hydrogen-bond donors (Lipinski definition) is 2. The molecule has 0 atom stereocenters. The fraction of sp³-hybridized carbons (Fsp3) is 0.0714. The first-order chi connectivity index (χ1) is 9.97. The second-order valence-electron chi connectivity index (χ2n) is 4.13. The minimum atomic E-state index is -0.516. The summed E-state index contributed by atoms with van der Waals surface area (Å²) < 4.78 is 13.0. The Balaban J connectivity index is 1.96. The van der Waals surface area contributed by atoms with Gasteiger partial charge in [-0.25, -0.2) is 4.39 Å². The summed E-state index contributed by atoms with van der Waals surface area (Å²) in [5.41, 5.74) is 0.960. The zero-order chi connectivity index (χ0) is 15.4. The van der Waals surface area contributed by atoms with E-state index in [0.29, 0.717) is 16.4 Å². The molecule has 0 aliphatic rings. The summed E-state index contributed by atoms with van der Waals surface area (Å²) in [5.74, 6) is -0.836. The quantitative estimate of drug-likeness (QED) is 0.831. The maximum atomic E-state index is 13.0. The number of nitrogens with one attached hydrogen (secondary N) is 2. The molecule has 1 amide bonds. The number of carbonyl (C=O) groups excluding carboxylic acids is 1. The largest absolute Gasteiger partial charge is 0.376 e. The topological polar surface area (TPSA) is 41.1 Å². The number of carbonyl (C=O) groups is 1. The molecular formula is C14H10Cl3FN2O. The highest BCUT2D eigenvalue weighted by Gasteiger charge is 2.08. The molecule has 7 heteroatoms. The van der Waals surface area contributed by atoms with Gasteiger partial charge in [-0.1, -0.05) is 40.9 Å². The molecule has 3 nitrogen and oxygen atoms in total. The lowest BCUT2D eigenvalue weighted by atomic mass is 10.3. The van der Waals surface area contributed by atoms with Crippen LogP contribution in [0.25, 0.3) is 0 Å². The number of anilines is 2. The van der Waals surface area contributed by atoms with Crippen molar-refractivity contribution in [3.8, 4) is 0 Å². The van der Waals surface area contributed by atoms with Crippen LogP contribution in [-0.2, 0) is 4.79 Å². The molecule has 2 rings (SSSR count). The van der Waals surface area contributed by atoms with Crippen molar-refractivity contribution in [3.63, 3.8) is 0 Å². The van der Waals surface area contributed by atoms with Crippen molar-refractivity contribution in [2.45, 2.75) is 0 Å². The Morgan fingerprint density at radius 3 is 2.57 bits per heavy atom. The van der Waals surface area contributed by atoms with Crippen LogP contribution >= 0.6 is 34.8 Å². The maximum absolute atomic E-state index is 13.0. The average molecular weight is 348 g/mol. The van der Waals surface area contributed by atoms with E-state index in [4.69, 9.17) is 34.8 Å². The molecule has 2 aromatic carbocycles. The molecule has 2 aromatic rings. The summed E-state index contributed by atoms with van der Waals surface area (Å²) in [7, 11) is 0. The molecule has 0 aliphatic carbocycles. The summed E-state index contributed by atoms with van der Waals surface area (Å²) in [6, 6.07) is 9.05.